The molecule has 120 valence electrons. The van der Waals surface area contributed by atoms with E-state index in [4.69, 9.17) is 0 Å². The van der Waals surface area contributed by atoms with Crippen molar-refractivity contribution in [1.82, 2.24) is 10.6 Å². The summed E-state index contributed by atoms with van der Waals surface area (Å²) in [7, 11) is 0. The third kappa shape index (κ3) is 6.12. The first kappa shape index (κ1) is 18.0. The number of rotatable bonds is 7. The van der Waals surface area contributed by atoms with E-state index in [1.165, 1.54) is 11.6 Å². The zero-order chi connectivity index (χ0) is 16.5. The minimum Gasteiger partial charge on any atom is -0.354 e. The summed E-state index contributed by atoms with van der Waals surface area (Å²) >= 11 is 0. The minimum atomic E-state index is -0.535. The number of benzene rings is 1. The second-order valence-corrected chi connectivity index (χ2v) is 5.68. The van der Waals surface area contributed by atoms with E-state index in [0.717, 1.165) is 12.0 Å². The average Bonchev–Trinajstić information content (AvgIpc) is 2.50. The van der Waals surface area contributed by atoms with Crippen molar-refractivity contribution in [2.24, 2.45) is 0 Å². The van der Waals surface area contributed by atoms with E-state index in [1.54, 1.807) is 13.0 Å². The van der Waals surface area contributed by atoms with Gasteiger partial charge in [0, 0.05) is 12.6 Å². The molecule has 0 saturated carbocycles. The molecule has 0 aliphatic heterocycles. The van der Waals surface area contributed by atoms with Crippen molar-refractivity contribution in [3.63, 3.8) is 0 Å². The fourth-order valence-electron chi connectivity index (χ4n) is 1.89. The van der Waals surface area contributed by atoms with Crippen molar-refractivity contribution >= 4 is 17.9 Å². The summed E-state index contributed by atoms with van der Waals surface area (Å²) < 4.78 is 0. The van der Waals surface area contributed by atoms with Gasteiger partial charge in [0.25, 0.3) is 0 Å². The molecule has 1 atom stereocenters. The number of hydrogen-bond donors (Lipinski definition) is 2. The van der Waals surface area contributed by atoms with Gasteiger partial charge in [-0.1, -0.05) is 45.0 Å². The molecule has 22 heavy (non-hydrogen) atoms. The highest BCUT2D eigenvalue weighted by molar-refractivity contribution is 5.95. The van der Waals surface area contributed by atoms with E-state index < -0.39 is 6.04 Å². The van der Waals surface area contributed by atoms with Crippen LogP contribution in [0.5, 0.6) is 0 Å². The molecule has 0 fully saturated rings. The number of carbonyl (C=O) groups excluding carboxylic acids is 2. The second-order valence-electron chi connectivity index (χ2n) is 5.68. The normalized spacial score (nSPS) is 12.4. The third-order valence-electron chi connectivity index (χ3n) is 3.33. The molecule has 1 aromatic rings. The highest BCUT2D eigenvalue weighted by Crippen LogP contribution is 2.15. The van der Waals surface area contributed by atoms with Crippen LogP contribution in [0.15, 0.2) is 30.3 Å². The van der Waals surface area contributed by atoms with Crippen molar-refractivity contribution in [3.05, 3.63) is 41.5 Å². The predicted octanol–water partition coefficient (Wildman–Crippen LogP) is 2.85. The number of amides is 2. The summed E-state index contributed by atoms with van der Waals surface area (Å²) in [4.78, 5) is 23.5. The van der Waals surface area contributed by atoms with Crippen LogP contribution in [-0.4, -0.2) is 24.4 Å². The molecule has 1 aromatic carbocycles. The van der Waals surface area contributed by atoms with Crippen molar-refractivity contribution in [2.75, 3.05) is 6.54 Å². The quantitative estimate of drug-likeness (QED) is 0.761. The summed E-state index contributed by atoms with van der Waals surface area (Å²) in [5, 5.41) is 5.40. The summed E-state index contributed by atoms with van der Waals surface area (Å²) in [6, 6.07) is 7.55. The Bertz CT molecular complexity index is 518. The Hall–Kier alpha value is -2.10. The molecule has 2 N–H and O–H groups in total. The molecule has 0 bridgehead atoms. The maximum atomic E-state index is 11.8. The lowest BCUT2D eigenvalue weighted by Gasteiger charge is -2.12. The van der Waals surface area contributed by atoms with Gasteiger partial charge in [-0.15, -0.1) is 0 Å². The van der Waals surface area contributed by atoms with Crippen LogP contribution < -0.4 is 10.6 Å². The maximum Gasteiger partial charge on any atom is 0.244 e. The fourth-order valence-corrected chi connectivity index (χ4v) is 1.89. The van der Waals surface area contributed by atoms with Crippen molar-refractivity contribution in [2.45, 2.75) is 46.1 Å². The van der Waals surface area contributed by atoms with Crippen LogP contribution >= 0.6 is 0 Å². The van der Waals surface area contributed by atoms with Gasteiger partial charge < -0.3 is 10.6 Å². The first-order valence-corrected chi connectivity index (χ1v) is 7.80. The lowest BCUT2D eigenvalue weighted by molar-refractivity contribution is -0.126. The zero-order valence-electron chi connectivity index (χ0n) is 13.8. The van der Waals surface area contributed by atoms with E-state index in [-0.39, 0.29) is 11.8 Å². The minimum absolute atomic E-state index is 0.162. The zero-order valence-corrected chi connectivity index (χ0v) is 13.8. The predicted molar refractivity (Wildman–Crippen MR) is 90.5 cm³/mol. The Morgan fingerprint density at radius 1 is 1.14 bits per heavy atom. The van der Waals surface area contributed by atoms with Gasteiger partial charge in [0.1, 0.15) is 6.04 Å². The maximum absolute atomic E-state index is 11.8. The molecule has 0 unspecified atom stereocenters. The molecule has 0 heterocycles. The van der Waals surface area contributed by atoms with Crippen molar-refractivity contribution in [1.29, 1.82) is 0 Å². The Morgan fingerprint density at radius 3 is 2.32 bits per heavy atom. The smallest absolute Gasteiger partial charge is 0.244 e. The summed E-state index contributed by atoms with van der Waals surface area (Å²) in [6.07, 6.45) is 4.07. The molecule has 2 amide bonds. The van der Waals surface area contributed by atoms with Gasteiger partial charge in [-0.25, -0.2) is 0 Å². The lowest BCUT2D eigenvalue weighted by Crippen LogP contribution is -2.44. The third-order valence-corrected chi connectivity index (χ3v) is 3.33. The fraction of sp³-hybridized carbons (Fsp3) is 0.444. The van der Waals surface area contributed by atoms with E-state index in [2.05, 4.69) is 36.6 Å². The van der Waals surface area contributed by atoms with Crippen molar-refractivity contribution < 1.29 is 9.59 Å². The first-order chi connectivity index (χ1) is 10.4. The summed E-state index contributed by atoms with van der Waals surface area (Å²) in [6.45, 7) is 8.56. The van der Waals surface area contributed by atoms with Gasteiger partial charge in [0.2, 0.25) is 11.8 Å². The lowest BCUT2D eigenvalue weighted by atomic mass is 10.0. The van der Waals surface area contributed by atoms with Gasteiger partial charge in [-0.2, -0.15) is 0 Å². The molecule has 1 rings (SSSR count). The van der Waals surface area contributed by atoms with Gasteiger partial charge in [-0.05, 0) is 36.5 Å². The SMILES string of the molecule is CCCNC(=O)[C@H](C)NC(=O)/C=C/c1ccc(C(C)C)cc1. The largest absolute Gasteiger partial charge is 0.354 e. The Balaban J connectivity index is 2.51. The molecule has 0 radical (unpaired) electrons. The Labute approximate surface area is 133 Å². The van der Waals surface area contributed by atoms with E-state index >= 15 is 0 Å². The molecule has 0 spiro atoms. The topological polar surface area (TPSA) is 58.2 Å². The molecule has 0 saturated heterocycles. The molecular weight excluding hydrogens is 276 g/mol. The van der Waals surface area contributed by atoms with Crippen LogP contribution in [0, 0.1) is 0 Å². The van der Waals surface area contributed by atoms with Crippen LogP contribution in [0.25, 0.3) is 6.08 Å². The second kappa shape index (κ2) is 9.03. The molecule has 4 heteroatoms. The molecule has 4 nitrogen and oxygen atoms in total. The molecule has 0 aliphatic carbocycles. The van der Waals surface area contributed by atoms with Crippen LogP contribution in [0.2, 0.25) is 0 Å². The highest BCUT2D eigenvalue weighted by Gasteiger charge is 2.12. The first-order valence-electron chi connectivity index (χ1n) is 7.80. The van der Waals surface area contributed by atoms with Gasteiger partial charge in [0.05, 0.1) is 0 Å². The monoisotopic (exact) mass is 302 g/mol. The van der Waals surface area contributed by atoms with Crippen molar-refractivity contribution in [3.8, 4) is 0 Å². The number of carbonyl (C=O) groups is 2. The van der Waals surface area contributed by atoms with Crippen LogP contribution in [0.3, 0.4) is 0 Å². The summed E-state index contributed by atoms with van der Waals surface area (Å²) in [5.41, 5.74) is 2.23. The standard InChI is InChI=1S/C18H26N2O2/c1-5-12-19-18(22)14(4)20-17(21)11-8-15-6-9-16(10-7-15)13(2)3/h6-11,13-14H,5,12H2,1-4H3,(H,19,22)(H,20,21)/b11-8+/t14-/m0/s1. The van der Waals surface area contributed by atoms with E-state index in [9.17, 15) is 9.59 Å². The van der Waals surface area contributed by atoms with Crippen LogP contribution in [0.4, 0.5) is 0 Å². The Morgan fingerprint density at radius 2 is 1.77 bits per heavy atom. The molecule has 0 aromatic heterocycles. The van der Waals surface area contributed by atoms with Gasteiger partial charge in [-0.3, -0.25) is 9.59 Å². The van der Waals surface area contributed by atoms with Gasteiger partial charge in [0.15, 0.2) is 0 Å². The number of nitrogens with one attached hydrogen (secondary N) is 2. The Kier molecular flexibility index (Phi) is 7.37. The number of hydrogen-bond acceptors (Lipinski definition) is 2. The molecular formula is C18H26N2O2. The van der Waals surface area contributed by atoms with E-state index in [0.29, 0.717) is 12.5 Å². The average molecular weight is 302 g/mol. The summed E-state index contributed by atoms with van der Waals surface area (Å²) in [5.74, 6) is 0.0563. The molecule has 0 aliphatic rings. The van der Waals surface area contributed by atoms with Crippen LogP contribution in [0.1, 0.15) is 51.2 Å². The van der Waals surface area contributed by atoms with Gasteiger partial charge >= 0.3 is 0 Å². The van der Waals surface area contributed by atoms with E-state index in [1.807, 2.05) is 19.1 Å². The van der Waals surface area contributed by atoms with Crippen LogP contribution in [-0.2, 0) is 9.59 Å². The highest BCUT2D eigenvalue weighted by atomic mass is 16.2.